The molecular weight excluding hydrogens is 161 g/mol. The molecule has 1 saturated heterocycles. The van der Waals surface area contributed by atoms with Crippen LogP contribution in [0.2, 0.25) is 0 Å². The molecule has 0 bridgehead atoms. The van der Waals surface area contributed by atoms with Gasteiger partial charge in [0.05, 0.1) is 0 Å². The Morgan fingerprint density at radius 2 is 2.08 bits per heavy atom. The van der Waals surface area contributed by atoms with Crippen LogP contribution in [0.15, 0.2) is 0 Å². The van der Waals surface area contributed by atoms with Crippen molar-refractivity contribution in [2.75, 3.05) is 13.1 Å². The highest BCUT2D eigenvalue weighted by atomic mass is 19.1. The summed E-state index contributed by atoms with van der Waals surface area (Å²) in [6, 6.07) is 0.391. The van der Waals surface area contributed by atoms with Gasteiger partial charge in [-0.1, -0.05) is 0 Å². The van der Waals surface area contributed by atoms with Gasteiger partial charge >= 0.3 is 5.97 Å². The number of carboxylic acid groups (broad SMARTS) is 1. The predicted molar refractivity (Wildman–Crippen MR) is 42.7 cm³/mol. The number of carbonyl (C=O) groups is 1. The summed E-state index contributed by atoms with van der Waals surface area (Å²) in [5.41, 5.74) is 0. The smallest absolute Gasteiger partial charge is 0.338 e. The Bertz CT molecular complexity index is 178. The van der Waals surface area contributed by atoms with E-state index in [1.165, 1.54) is 0 Å². The van der Waals surface area contributed by atoms with Crippen LogP contribution < -0.4 is 0 Å². The van der Waals surface area contributed by atoms with E-state index in [1.807, 2.05) is 13.8 Å². The highest BCUT2D eigenvalue weighted by Gasteiger charge is 2.38. The Morgan fingerprint density at radius 3 is 2.42 bits per heavy atom. The number of carboxylic acids is 1. The van der Waals surface area contributed by atoms with Crippen LogP contribution in [0.3, 0.4) is 0 Å². The molecular formula is C8H14FNO2. The maximum absolute atomic E-state index is 12.8. The fourth-order valence-electron chi connectivity index (χ4n) is 1.36. The first-order valence-electron chi connectivity index (χ1n) is 4.13. The van der Waals surface area contributed by atoms with Crippen molar-refractivity contribution < 1.29 is 14.3 Å². The molecule has 1 rings (SSSR count). The van der Waals surface area contributed by atoms with Crippen LogP contribution >= 0.6 is 0 Å². The monoisotopic (exact) mass is 175 g/mol. The van der Waals surface area contributed by atoms with Crippen molar-refractivity contribution in [3.63, 3.8) is 0 Å². The van der Waals surface area contributed by atoms with E-state index in [4.69, 9.17) is 5.11 Å². The van der Waals surface area contributed by atoms with Gasteiger partial charge in [-0.05, 0) is 13.8 Å². The van der Waals surface area contributed by atoms with E-state index in [0.29, 0.717) is 19.1 Å². The Kier molecular flexibility index (Phi) is 2.67. The Hall–Kier alpha value is -0.640. The zero-order valence-electron chi connectivity index (χ0n) is 7.33. The first-order valence-corrected chi connectivity index (χ1v) is 4.13. The third-order valence-electron chi connectivity index (χ3n) is 2.32. The first kappa shape index (κ1) is 9.45. The molecule has 1 aliphatic heterocycles. The summed E-state index contributed by atoms with van der Waals surface area (Å²) in [4.78, 5) is 12.3. The van der Waals surface area contributed by atoms with Crippen molar-refractivity contribution in [2.45, 2.75) is 26.1 Å². The van der Waals surface area contributed by atoms with Gasteiger partial charge in [0.15, 0.2) is 0 Å². The number of rotatable bonds is 3. The van der Waals surface area contributed by atoms with Gasteiger partial charge in [0.25, 0.3) is 0 Å². The Morgan fingerprint density at radius 1 is 1.58 bits per heavy atom. The van der Waals surface area contributed by atoms with Gasteiger partial charge in [-0.15, -0.1) is 0 Å². The maximum atomic E-state index is 12.8. The molecule has 0 spiro atoms. The first-order chi connectivity index (χ1) is 5.52. The minimum absolute atomic E-state index is 0.301. The summed E-state index contributed by atoms with van der Waals surface area (Å²) >= 11 is 0. The molecule has 0 aromatic carbocycles. The lowest BCUT2D eigenvalue weighted by Crippen LogP contribution is -2.55. The van der Waals surface area contributed by atoms with E-state index in [9.17, 15) is 9.18 Å². The predicted octanol–water partition coefficient (Wildman–Crippen LogP) is 0.749. The summed E-state index contributed by atoms with van der Waals surface area (Å²) in [5.74, 6) is -1.63. The van der Waals surface area contributed by atoms with Crippen molar-refractivity contribution in [2.24, 2.45) is 5.92 Å². The summed E-state index contributed by atoms with van der Waals surface area (Å²) < 4.78 is 12.8. The summed E-state index contributed by atoms with van der Waals surface area (Å²) in [6.07, 6.45) is -1.68. The third kappa shape index (κ3) is 1.75. The van der Waals surface area contributed by atoms with Crippen LogP contribution in [0.5, 0.6) is 0 Å². The molecule has 3 nitrogen and oxygen atoms in total. The summed E-state index contributed by atoms with van der Waals surface area (Å²) in [7, 11) is 0. The molecule has 70 valence electrons. The minimum Gasteiger partial charge on any atom is -0.479 e. The van der Waals surface area contributed by atoms with Gasteiger partial charge in [0.1, 0.15) is 0 Å². The average Bonchev–Trinajstić information content (AvgIpc) is 1.82. The average molecular weight is 175 g/mol. The molecule has 0 aromatic rings. The quantitative estimate of drug-likeness (QED) is 0.688. The largest absolute Gasteiger partial charge is 0.479 e. The van der Waals surface area contributed by atoms with Gasteiger partial charge < -0.3 is 10.0 Å². The molecule has 1 heterocycles. The zero-order chi connectivity index (χ0) is 9.30. The fraction of sp³-hybridized carbons (Fsp3) is 0.875. The van der Waals surface area contributed by atoms with Crippen LogP contribution in [0.4, 0.5) is 4.39 Å². The standard InChI is InChI=1S/C8H14FNO2/c1-5(2)10-3-6(4-10)7(9)8(11)12/h5-7H,3-4H2,1-2H3,(H,11,12). The van der Waals surface area contributed by atoms with E-state index >= 15 is 0 Å². The maximum Gasteiger partial charge on any atom is 0.338 e. The second-order valence-electron chi connectivity index (χ2n) is 3.55. The zero-order valence-corrected chi connectivity index (χ0v) is 7.33. The lowest BCUT2D eigenvalue weighted by molar-refractivity contribution is -0.148. The molecule has 1 atom stereocenters. The van der Waals surface area contributed by atoms with Crippen molar-refractivity contribution in [1.29, 1.82) is 0 Å². The Labute approximate surface area is 71.2 Å². The molecule has 0 aromatic heterocycles. The van der Waals surface area contributed by atoms with E-state index in [0.717, 1.165) is 0 Å². The molecule has 4 heteroatoms. The lowest BCUT2D eigenvalue weighted by atomic mass is 9.93. The molecule has 0 saturated carbocycles. The fourth-order valence-corrected chi connectivity index (χ4v) is 1.36. The van der Waals surface area contributed by atoms with Gasteiger partial charge in [0, 0.05) is 25.0 Å². The van der Waals surface area contributed by atoms with Gasteiger partial charge in [-0.2, -0.15) is 0 Å². The van der Waals surface area contributed by atoms with Crippen molar-refractivity contribution in [3.05, 3.63) is 0 Å². The third-order valence-corrected chi connectivity index (χ3v) is 2.32. The minimum atomic E-state index is -1.68. The normalized spacial score (nSPS) is 22.3. The summed E-state index contributed by atoms with van der Waals surface area (Å²) in [6.45, 7) is 5.19. The molecule has 0 amide bonds. The van der Waals surface area contributed by atoms with E-state index in [1.54, 1.807) is 0 Å². The summed E-state index contributed by atoms with van der Waals surface area (Å²) in [5, 5.41) is 8.35. The molecule has 0 radical (unpaired) electrons. The number of hydrogen-bond acceptors (Lipinski definition) is 2. The van der Waals surface area contributed by atoms with Crippen LogP contribution in [0, 0.1) is 5.92 Å². The second-order valence-corrected chi connectivity index (χ2v) is 3.55. The molecule has 1 fully saturated rings. The van der Waals surface area contributed by atoms with Crippen molar-refractivity contribution in [3.8, 4) is 0 Å². The topological polar surface area (TPSA) is 40.5 Å². The molecule has 1 aliphatic rings. The molecule has 1 unspecified atom stereocenters. The number of likely N-dealkylation sites (tertiary alicyclic amines) is 1. The lowest BCUT2D eigenvalue weighted by Gasteiger charge is -2.42. The molecule has 0 aliphatic carbocycles. The van der Waals surface area contributed by atoms with Gasteiger partial charge in [0.2, 0.25) is 6.17 Å². The van der Waals surface area contributed by atoms with Crippen molar-refractivity contribution in [1.82, 2.24) is 4.90 Å². The van der Waals surface area contributed by atoms with Crippen LogP contribution in [-0.4, -0.2) is 41.3 Å². The number of aliphatic carboxylic acids is 1. The van der Waals surface area contributed by atoms with E-state index < -0.39 is 12.1 Å². The van der Waals surface area contributed by atoms with Crippen molar-refractivity contribution >= 4 is 5.97 Å². The van der Waals surface area contributed by atoms with E-state index in [-0.39, 0.29) is 5.92 Å². The SMILES string of the molecule is CC(C)N1CC(C(F)C(=O)O)C1. The number of alkyl halides is 1. The highest BCUT2D eigenvalue weighted by molar-refractivity contribution is 5.72. The van der Waals surface area contributed by atoms with Crippen LogP contribution in [0.1, 0.15) is 13.8 Å². The number of hydrogen-bond donors (Lipinski definition) is 1. The van der Waals surface area contributed by atoms with E-state index in [2.05, 4.69) is 4.90 Å². The second kappa shape index (κ2) is 3.39. The van der Waals surface area contributed by atoms with Gasteiger partial charge in [-0.25, -0.2) is 9.18 Å². The number of halogens is 1. The van der Waals surface area contributed by atoms with Crippen LogP contribution in [0.25, 0.3) is 0 Å². The Balaban J connectivity index is 2.29. The highest BCUT2D eigenvalue weighted by Crippen LogP contribution is 2.23. The molecule has 1 N–H and O–H groups in total. The molecule has 12 heavy (non-hydrogen) atoms. The number of nitrogens with zero attached hydrogens (tertiary/aromatic N) is 1. The van der Waals surface area contributed by atoms with Crippen LogP contribution in [-0.2, 0) is 4.79 Å². The van der Waals surface area contributed by atoms with Gasteiger partial charge in [-0.3, -0.25) is 0 Å².